The van der Waals surface area contributed by atoms with Crippen molar-refractivity contribution in [2.45, 2.75) is 13.1 Å². The van der Waals surface area contributed by atoms with Crippen LogP contribution in [0.25, 0.3) is 11.1 Å². The summed E-state index contributed by atoms with van der Waals surface area (Å²) in [4.78, 5) is 6.16. The summed E-state index contributed by atoms with van der Waals surface area (Å²) in [5, 5.41) is 0. The lowest BCUT2D eigenvalue weighted by Gasteiger charge is -2.15. The molecule has 0 saturated carbocycles. The molecule has 0 fully saturated rings. The van der Waals surface area contributed by atoms with Crippen LogP contribution in [0.3, 0.4) is 0 Å². The van der Waals surface area contributed by atoms with Gasteiger partial charge >= 0.3 is 6.18 Å². The van der Waals surface area contributed by atoms with Crippen molar-refractivity contribution in [1.82, 2.24) is 4.98 Å². The molecule has 20 heavy (non-hydrogen) atoms. The number of rotatable bonds is 2. The molecule has 0 aliphatic rings. The van der Waals surface area contributed by atoms with Gasteiger partial charge in [-0.1, -0.05) is 12.1 Å². The van der Waals surface area contributed by atoms with Crippen LogP contribution in [0.2, 0.25) is 0 Å². The van der Waals surface area contributed by atoms with Crippen LogP contribution in [0.4, 0.5) is 19.0 Å². The average Bonchev–Trinajstić information content (AvgIpc) is 2.37. The lowest BCUT2D eigenvalue weighted by atomic mass is 10.0. The van der Waals surface area contributed by atoms with Crippen LogP contribution >= 0.6 is 0 Å². The first-order valence-electron chi connectivity index (χ1n) is 6.10. The van der Waals surface area contributed by atoms with Crippen LogP contribution in [-0.2, 0) is 6.18 Å². The molecular weight excluding hydrogens is 265 g/mol. The van der Waals surface area contributed by atoms with Crippen molar-refractivity contribution < 1.29 is 13.2 Å². The molecule has 106 valence electrons. The van der Waals surface area contributed by atoms with Gasteiger partial charge in [-0.15, -0.1) is 0 Å². The van der Waals surface area contributed by atoms with E-state index in [0.717, 1.165) is 23.5 Å². The molecular formula is C15H15F3N2. The number of aromatic nitrogens is 1. The molecule has 0 bridgehead atoms. The third-order valence-corrected chi connectivity index (χ3v) is 3.00. The number of anilines is 1. The first kappa shape index (κ1) is 14.4. The second-order valence-electron chi connectivity index (χ2n) is 4.84. The summed E-state index contributed by atoms with van der Waals surface area (Å²) in [7, 11) is 3.75. The van der Waals surface area contributed by atoms with Crippen LogP contribution in [0.15, 0.2) is 36.5 Å². The molecule has 0 amide bonds. The summed E-state index contributed by atoms with van der Waals surface area (Å²) < 4.78 is 38.1. The summed E-state index contributed by atoms with van der Waals surface area (Å²) in [6.07, 6.45) is -2.74. The molecule has 5 heteroatoms. The minimum atomic E-state index is -4.33. The summed E-state index contributed by atoms with van der Waals surface area (Å²) in [5.74, 6) is 0.806. The Hall–Kier alpha value is -2.04. The second kappa shape index (κ2) is 5.15. The van der Waals surface area contributed by atoms with Gasteiger partial charge in [0.15, 0.2) is 0 Å². The largest absolute Gasteiger partial charge is 0.416 e. The fourth-order valence-electron chi connectivity index (χ4n) is 2.07. The standard InChI is InChI=1S/C15H15F3N2/c1-10-7-12(9-19-14(10)20(2)3)11-5-4-6-13(8-11)15(16,17)18/h4-9H,1-3H3. The van der Waals surface area contributed by atoms with Gasteiger partial charge in [0.05, 0.1) is 5.56 Å². The smallest absolute Gasteiger partial charge is 0.363 e. The highest BCUT2D eigenvalue weighted by Crippen LogP contribution is 2.32. The zero-order valence-electron chi connectivity index (χ0n) is 11.5. The highest BCUT2D eigenvalue weighted by atomic mass is 19.4. The zero-order valence-corrected chi connectivity index (χ0v) is 11.5. The van der Waals surface area contributed by atoms with Gasteiger partial charge in [0.1, 0.15) is 5.82 Å². The number of aryl methyl sites for hydroxylation is 1. The van der Waals surface area contributed by atoms with E-state index in [0.29, 0.717) is 11.1 Å². The first-order valence-corrected chi connectivity index (χ1v) is 6.10. The molecule has 0 radical (unpaired) electrons. The van der Waals surface area contributed by atoms with Gasteiger partial charge in [0.2, 0.25) is 0 Å². The number of hydrogen-bond acceptors (Lipinski definition) is 2. The molecule has 1 aromatic heterocycles. The summed E-state index contributed by atoms with van der Waals surface area (Å²) in [6.45, 7) is 1.89. The van der Waals surface area contributed by atoms with Gasteiger partial charge in [-0.25, -0.2) is 4.98 Å². The van der Waals surface area contributed by atoms with Gasteiger partial charge < -0.3 is 4.90 Å². The predicted molar refractivity (Wildman–Crippen MR) is 73.7 cm³/mol. The lowest BCUT2D eigenvalue weighted by Crippen LogP contribution is -2.12. The van der Waals surface area contributed by atoms with Crippen molar-refractivity contribution in [3.63, 3.8) is 0 Å². The molecule has 2 aromatic rings. The summed E-state index contributed by atoms with van der Waals surface area (Å²) >= 11 is 0. The maximum Gasteiger partial charge on any atom is 0.416 e. The van der Waals surface area contributed by atoms with Crippen LogP contribution in [0, 0.1) is 6.92 Å². The molecule has 0 aliphatic heterocycles. The highest BCUT2D eigenvalue weighted by molar-refractivity contribution is 5.66. The number of alkyl halides is 3. The van der Waals surface area contributed by atoms with E-state index in [1.165, 1.54) is 6.07 Å². The number of hydrogen-bond donors (Lipinski definition) is 0. The number of benzene rings is 1. The molecule has 0 spiro atoms. The maximum atomic E-state index is 12.7. The minimum absolute atomic E-state index is 0.515. The fourth-order valence-corrected chi connectivity index (χ4v) is 2.07. The first-order chi connectivity index (χ1) is 9.29. The van der Waals surface area contributed by atoms with E-state index < -0.39 is 11.7 Å². The van der Waals surface area contributed by atoms with Crippen LogP contribution in [0.1, 0.15) is 11.1 Å². The van der Waals surface area contributed by atoms with Crippen molar-refractivity contribution >= 4 is 5.82 Å². The van der Waals surface area contributed by atoms with Gasteiger partial charge in [-0.2, -0.15) is 13.2 Å². The van der Waals surface area contributed by atoms with Crippen molar-refractivity contribution in [2.75, 3.05) is 19.0 Å². The Kier molecular flexibility index (Phi) is 3.70. The Morgan fingerprint density at radius 2 is 1.75 bits per heavy atom. The van der Waals surface area contributed by atoms with E-state index in [2.05, 4.69) is 4.98 Å². The van der Waals surface area contributed by atoms with E-state index in [9.17, 15) is 13.2 Å². The molecule has 1 aromatic carbocycles. The number of halogens is 3. The monoisotopic (exact) mass is 280 g/mol. The molecule has 0 atom stereocenters. The van der Waals surface area contributed by atoms with Gasteiger partial charge in [0.25, 0.3) is 0 Å². The lowest BCUT2D eigenvalue weighted by molar-refractivity contribution is -0.137. The minimum Gasteiger partial charge on any atom is -0.363 e. The fraction of sp³-hybridized carbons (Fsp3) is 0.267. The molecule has 0 N–H and O–H groups in total. The maximum absolute atomic E-state index is 12.7. The SMILES string of the molecule is Cc1cc(-c2cccc(C(F)(F)F)c2)cnc1N(C)C. The van der Waals surface area contributed by atoms with Crippen molar-refractivity contribution in [2.24, 2.45) is 0 Å². The van der Waals surface area contributed by atoms with Crippen LogP contribution in [-0.4, -0.2) is 19.1 Å². The van der Waals surface area contributed by atoms with E-state index in [1.54, 1.807) is 12.3 Å². The van der Waals surface area contributed by atoms with Crippen molar-refractivity contribution in [3.8, 4) is 11.1 Å². The summed E-state index contributed by atoms with van der Waals surface area (Å²) in [6, 6.07) is 7.12. The quantitative estimate of drug-likeness (QED) is 0.821. The highest BCUT2D eigenvalue weighted by Gasteiger charge is 2.30. The third-order valence-electron chi connectivity index (χ3n) is 3.00. The predicted octanol–water partition coefficient (Wildman–Crippen LogP) is 4.14. The Morgan fingerprint density at radius 3 is 2.30 bits per heavy atom. The Bertz CT molecular complexity index is 619. The molecule has 2 rings (SSSR count). The van der Waals surface area contributed by atoms with E-state index >= 15 is 0 Å². The average molecular weight is 280 g/mol. The third kappa shape index (κ3) is 2.92. The molecule has 1 heterocycles. The normalized spacial score (nSPS) is 11.5. The van der Waals surface area contributed by atoms with E-state index in [1.807, 2.05) is 32.0 Å². The molecule has 2 nitrogen and oxygen atoms in total. The van der Waals surface area contributed by atoms with Crippen molar-refractivity contribution in [1.29, 1.82) is 0 Å². The van der Waals surface area contributed by atoms with Crippen LogP contribution < -0.4 is 4.90 Å². The topological polar surface area (TPSA) is 16.1 Å². The molecule has 0 aliphatic carbocycles. The number of nitrogens with zero attached hydrogens (tertiary/aromatic N) is 2. The summed E-state index contributed by atoms with van der Waals surface area (Å²) in [5.41, 5.74) is 1.47. The number of pyridine rings is 1. The Morgan fingerprint density at radius 1 is 1.05 bits per heavy atom. The second-order valence-corrected chi connectivity index (χ2v) is 4.84. The Labute approximate surface area is 115 Å². The van der Waals surface area contributed by atoms with Gasteiger partial charge in [0, 0.05) is 25.9 Å². The zero-order chi connectivity index (χ0) is 14.9. The molecule has 0 saturated heterocycles. The Balaban J connectivity index is 2.45. The molecule has 0 unspecified atom stereocenters. The van der Waals surface area contributed by atoms with E-state index in [-0.39, 0.29) is 0 Å². The van der Waals surface area contributed by atoms with Crippen LogP contribution in [0.5, 0.6) is 0 Å². The van der Waals surface area contributed by atoms with E-state index in [4.69, 9.17) is 0 Å². The van der Waals surface area contributed by atoms with Crippen molar-refractivity contribution in [3.05, 3.63) is 47.7 Å². The van der Waals surface area contributed by atoms with Gasteiger partial charge in [-0.05, 0) is 36.2 Å². The van der Waals surface area contributed by atoms with Gasteiger partial charge in [-0.3, -0.25) is 0 Å².